The van der Waals surface area contributed by atoms with Crippen molar-refractivity contribution >= 4 is 11.6 Å². The SMILES string of the molecule is C[C@@H](NC1CCC2(CC1)OCCO2)c1ccccc1Cl. The molecule has 3 nitrogen and oxygen atoms in total. The molecule has 4 heteroatoms. The monoisotopic (exact) mass is 295 g/mol. The van der Waals surface area contributed by atoms with Gasteiger partial charge < -0.3 is 14.8 Å². The van der Waals surface area contributed by atoms with Gasteiger partial charge in [-0.3, -0.25) is 0 Å². The molecule has 1 spiro atoms. The summed E-state index contributed by atoms with van der Waals surface area (Å²) in [4.78, 5) is 0. The van der Waals surface area contributed by atoms with Gasteiger partial charge in [0.25, 0.3) is 0 Å². The zero-order valence-corrected chi connectivity index (χ0v) is 12.7. The normalized spacial score (nSPS) is 24.1. The van der Waals surface area contributed by atoms with Crippen LogP contribution in [0.25, 0.3) is 0 Å². The standard InChI is InChI=1S/C16H22ClNO2/c1-12(14-4-2-3-5-15(14)17)18-13-6-8-16(9-7-13)19-10-11-20-16/h2-5,12-13,18H,6-11H2,1H3/t12-/m1/s1. The maximum Gasteiger partial charge on any atom is 0.168 e. The number of rotatable bonds is 3. The Hall–Kier alpha value is -0.610. The van der Waals surface area contributed by atoms with E-state index in [4.69, 9.17) is 21.1 Å². The lowest BCUT2D eigenvalue weighted by atomic mass is 9.89. The van der Waals surface area contributed by atoms with Gasteiger partial charge in [-0.2, -0.15) is 0 Å². The maximum atomic E-state index is 6.26. The molecule has 1 heterocycles. The molecule has 3 rings (SSSR count). The number of halogens is 1. The molecule has 110 valence electrons. The molecule has 2 fully saturated rings. The number of benzene rings is 1. The highest BCUT2D eigenvalue weighted by Crippen LogP contribution is 2.36. The van der Waals surface area contributed by atoms with E-state index in [2.05, 4.69) is 18.3 Å². The van der Waals surface area contributed by atoms with E-state index in [1.807, 2.05) is 18.2 Å². The van der Waals surface area contributed by atoms with Crippen LogP contribution in [-0.2, 0) is 9.47 Å². The van der Waals surface area contributed by atoms with Crippen molar-refractivity contribution in [1.29, 1.82) is 0 Å². The first-order valence-corrected chi connectivity index (χ1v) is 7.85. The summed E-state index contributed by atoms with van der Waals surface area (Å²) in [5.41, 5.74) is 1.17. The molecule has 1 aliphatic carbocycles. The third kappa shape index (κ3) is 3.01. The molecule has 1 aromatic carbocycles. The van der Waals surface area contributed by atoms with E-state index in [9.17, 15) is 0 Å². The van der Waals surface area contributed by atoms with Crippen molar-refractivity contribution in [3.63, 3.8) is 0 Å². The van der Waals surface area contributed by atoms with Crippen LogP contribution >= 0.6 is 11.6 Å². The lowest BCUT2D eigenvalue weighted by Crippen LogP contribution is -2.42. The van der Waals surface area contributed by atoms with Crippen molar-refractivity contribution < 1.29 is 9.47 Å². The summed E-state index contributed by atoms with van der Waals surface area (Å²) in [6.45, 7) is 3.66. The fraction of sp³-hybridized carbons (Fsp3) is 0.625. The topological polar surface area (TPSA) is 30.5 Å². The van der Waals surface area contributed by atoms with Gasteiger partial charge >= 0.3 is 0 Å². The van der Waals surface area contributed by atoms with Crippen LogP contribution < -0.4 is 5.32 Å². The van der Waals surface area contributed by atoms with Gasteiger partial charge in [0.1, 0.15) is 0 Å². The fourth-order valence-corrected chi connectivity index (χ4v) is 3.58. The van der Waals surface area contributed by atoms with Gasteiger partial charge in [0.05, 0.1) is 13.2 Å². The van der Waals surface area contributed by atoms with Crippen LogP contribution in [0.2, 0.25) is 5.02 Å². The van der Waals surface area contributed by atoms with Crippen LogP contribution in [0.3, 0.4) is 0 Å². The van der Waals surface area contributed by atoms with Crippen LogP contribution in [-0.4, -0.2) is 25.0 Å². The fourth-order valence-electron chi connectivity index (χ4n) is 3.28. The van der Waals surface area contributed by atoms with Crippen molar-refractivity contribution in [2.24, 2.45) is 0 Å². The Labute approximate surface area is 125 Å². The predicted molar refractivity (Wildman–Crippen MR) is 79.9 cm³/mol. The number of ether oxygens (including phenoxy) is 2. The molecular weight excluding hydrogens is 274 g/mol. The number of nitrogens with one attached hydrogen (secondary N) is 1. The maximum absolute atomic E-state index is 6.26. The first-order chi connectivity index (χ1) is 9.69. The molecule has 1 saturated heterocycles. The van der Waals surface area contributed by atoms with E-state index >= 15 is 0 Å². The van der Waals surface area contributed by atoms with Crippen molar-refractivity contribution in [2.45, 2.75) is 50.5 Å². The van der Waals surface area contributed by atoms with Gasteiger partial charge in [0, 0.05) is 29.9 Å². The second-order valence-corrected chi connectivity index (χ2v) is 6.20. The first kappa shape index (κ1) is 14.3. The quantitative estimate of drug-likeness (QED) is 0.923. The molecule has 2 aliphatic rings. The Kier molecular flexibility index (Phi) is 4.32. The first-order valence-electron chi connectivity index (χ1n) is 7.47. The minimum absolute atomic E-state index is 0.271. The van der Waals surface area contributed by atoms with Crippen molar-refractivity contribution in [3.8, 4) is 0 Å². The average molecular weight is 296 g/mol. The summed E-state index contributed by atoms with van der Waals surface area (Å²) in [7, 11) is 0. The molecule has 0 aromatic heterocycles. The Morgan fingerprint density at radius 1 is 1.20 bits per heavy atom. The molecule has 1 aliphatic heterocycles. The molecular formula is C16H22ClNO2. The highest BCUT2D eigenvalue weighted by molar-refractivity contribution is 6.31. The Morgan fingerprint density at radius 3 is 2.50 bits per heavy atom. The van der Waals surface area contributed by atoms with Crippen molar-refractivity contribution in [1.82, 2.24) is 5.32 Å². The van der Waals surface area contributed by atoms with Gasteiger partial charge in [-0.25, -0.2) is 0 Å². The summed E-state index contributed by atoms with van der Waals surface area (Å²) in [6, 6.07) is 8.83. The van der Waals surface area contributed by atoms with Crippen molar-refractivity contribution in [3.05, 3.63) is 34.9 Å². The predicted octanol–water partition coefficient (Wildman–Crippen LogP) is 3.68. The number of hydrogen-bond acceptors (Lipinski definition) is 3. The molecule has 0 bridgehead atoms. The second-order valence-electron chi connectivity index (χ2n) is 5.79. The highest BCUT2D eigenvalue weighted by atomic mass is 35.5. The summed E-state index contributed by atoms with van der Waals surface area (Å²) >= 11 is 6.26. The van der Waals surface area contributed by atoms with Crippen molar-refractivity contribution in [2.75, 3.05) is 13.2 Å². The summed E-state index contributed by atoms with van der Waals surface area (Å²) < 4.78 is 11.5. The van der Waals surface area contributed by atoms with E-state index < -0.39 is 0 Å². The van der Waals surface area contributed by atoms with E-state index in [0.29, 0.717) is 6.04 Å². The minimum Gasteiger partial charge on any atom is -0.348 e. The molecule has 1 atom stereocenters. The largest absolute Gasteiger partial charge is 0.348 e. The van der Waals surface area contributed by atoms with Gasteiger partial charge in [-0.05, 0) is 31.4 Å². The van der Waals surface area contributed by atoms with E-state index in [0.717, 1.165) is 43.9 Å². The van der Waals surface area contributed by atoms with Gasteiger partial charge in [-0.1, -0.05) is 29.8 Å². The minimum atomic E-state index is -0.272. The molecule has 0 unspecified atom stereocenters. The van der Waals surface area contributed by atoms with Crippen LogP contribution in [0.5, 0.6) is 0 Å². The van der Waals surface area contributed by atoms with Crippen LogP contribution in [0, 0.1) is 0 Å². The molecule has 1 saturated carbocycles. The van der Waals surface area contributed by atoms with E-state index in [1.165, 1.54) is 5.56 Å². The Balaban J connectivity index is 1.56. The van der Waals surface area contributed by atoms with Crippen LogP contribution in [0.15, 0.2) is 24.3 Å². The molecule has 0 radical (unpaired) electrons. The third-order valence-corrected chi connectivity index (χ3v) is 4.76. The lowest BCUT2D eigenvalue weighted by Gasteiger charge is -2.36. The van der Waals surface area contributed by atoms with Gasteiger partial charge in [0.2, 0.25) is 0 Å². The molecule has 1 N–H and O–H groups in total. The summed E-state index contributed by atoms with van der Waals surface area (Å²) in [5.74, 6) is -0.272. The molecule has 0 amide bonds. The zero-order valence-electron chi connectivity index (χ0n) is 11.9. The Bertz CT molecular complexity index is 450. The smallest absolute Gasteiger partial charge is 0.168 e. The van der Waals surface area contributed by atoms with Gasteiger partial charge in [0.15, 0.2) is 5.79 Å². The van der Waals surface area contributed by atoms with E-state index in [1.54, 1.807) is 0 Å². The molecule has 1 aromatic rings. The summed E-state index contributed by atoms with van der Waals surface area (Å²) in [6.07, 6.45) is 4.16. The Morgan fingerprint density at radius 2 is 1.85 bits per heavy atom. The average Bonchev–Trinajstić information content (AvgIpc) is 2.90. The van der Waals surface area contributed by atoms with Gasteiger partial charge in [-0.15, -0.1) is 0 Å². The van der Waals surface area contributed by atoms with Crippen LogP contribution in [0.1, 0.15) is 44.2 Å². The lowest BCUT2D eigenvalue weighted by molar-refractivity contribution is -0.179. The second kappa shape index (κ2) is 6.02. The number of hydrogen-bond donors (Lipinski definition) is 1. The van der Waals surface area contributed by atoms with E-state index in [-0.39, 0.29) is 11.8 Å². The van der Waals surface area contributed by atoms with Crippen LogP contribution in [0.4, 0.5) is 0 Å². The zero-order chi connectivity index (χ0) is 14.0. The highest BCUT2D eigenvalue weighted by Gasteiger charge is 2.40. The molecule has 20 heavy (non-hydrogen) atoms. The third-order valence-electron chi connectivity index (χ3n) is 4.42. The summed E-state index contributed by atoms with van der Waals surface area (Å²) in [5, 5.41) is 4.52.